The molecule has 122 valence electrons. The monoisotopic (exact) mass is 430 g/mol. The molecule has 0 saturated heterocycles. The van der Waals surface area contributed by atoms with Crippen LogP contribution in [0.25, 0.3) is 16.5 Å². The Morgan fingerprint density at radius 2 is 1.71 bits per heavy atom. The normalized spacial score (nSPS) is 15.0. The number of para-hydroxylation sites is 1. The molecule has 2 aromatic carbocycles. The number of fused-ring (bicyclic) bond motifs is 1. The van der Waals surface area contributed by atoms with Crippen molar-refractivity contribution in [3.63, 3.8) is 0 Å². The van der Waals surface area contributed by atoms with Crippen LogP contribution in [0.4, 0.5) is 11.4 Å². The highest BCUT2D eigenvalue weighted by Gasteiger charge is 2.42. The third-order valence-corrected chi connectivity index (χ3v) is 4.43. The van der Waals surface area contributed by atoms with Gasteiger partial charge in [0.2, 0.25) is 5.69 Å². The smallest absolute Gasteiger partial charge is 0.209 e. The van der Waals surface area contributed by atoms with Crippen molar-refractivity contribution in [2.24, 2.45) is 5.11 Å². The van der Waals surface area contributed by atoms with Crippen LogP contribution in [0.5, 0.6) is 0 Å². The van der Waals surface area contributed by atoms with E-state index in [-0.39, 0.29) is 29.4 Å². The summed E-state index contributed by atoms with van der Waals surface area (Å²) in [5.74, 6) is 0. The van der Waals surface area contributed by atoms with Crippen molar-refractivity contribution in [2.45, 2.75) is 19.3 Å². The fourth-order valence-electron chi connectivity index (χ4n) is 3.18. The van der Waals surface area contributed by atoms with Gasteiger partial charge in [-0.3, -0.25) is 0 Å². The highest BCUT2D eigenvalue weighted by atomic mass is 127. The lowest BCUT2D eigenvalue weighted by molar-refractivity contribution is -0.401. The summed E-state index contributed by atoms with van der Waals surface area (Å²) >= 11 is 0. The molecule has 1 aliphatic rings. The van der Waals surface area contributed by atoms with Crippen molar-refractivity contribution in [2.75, 3.05) is 7.05 Å². The Bertz CT molecular complexity index is 857. The number of hydrogen-bond donors (Lipinski definition) is 0. The Kier molecular flexibility index (Phi) is 5.47. The minimum absolute atomic E-state index is 0. The second-order valence-corrected chi connectivity index (χ2v) is 6.20. The van der Waals surface area contributed by atoms with E-state index in [0.717, 1.165) is 5.56 Å². The lowest BCUT2D eigenvalue weighted by Gasteiger charge is -2.15. The predicted octanol–water partition coefficient (Wildman–Crippen LogP) is 2.35. The van der Waals surface area contributed by atoms with E-state index in [4.69, 9.17) is 5.53 Å². The average Bonchev–Trinajstić information content (AvgIpc) is 2.75. The van der Waals surface area contributed by atoms with Crippen LogP contribution < -0.4 is 24.0 Å². The summed E-state index contributed by atoms with van der Waals surface area (Å²) in [7, 11) is 2.11. The van der Waals surface area contributed by atoms with Crippen molar-refractivity contribution in [3.8, 4) is 0 Å². The molecule has 0 atom stereocenters. The van der Waals surface area contributed by atoms with Crippen LogP contribution in [-0.4, -0.2) is 17.3 Å². The zero-order valence-corrected chi connectivity index (χ0v) is 16.1. The molecule has 0 unspecified atom stereocenters. The number of nitrogens with zero attached hydrogens (tertiary/aromatic N) is 4. The molecule has 0 aliphatic carbocycles. The average molecular weight is 430 g/mol. The zero-order chi connectivity index (χ0) is 16.4. The Labute approximate surface area is 159 Å². The molecule has 5 heteroatoms. The van der Waals surface area contributed by atoms with Crippen LogP contribution in [-0.2, 0) is 5.41 Å². The van der Waals surface area contributed by atoms with Crippen molar-refractivity contribution < 1.29 is 28.6 Å². The highest BCUT2D eigenvalue weighted by Crippen LogP contribution is 2.39. The molecule has 0 spiro atoms. The number of halogens is 1. The molecule has 24 heavy (non-hydrogen) atoms. The molecular weight excluding hydrogens is 411 g/mol. The van der Waals surface area contributed by atoms with Gasteiger partial charge in [-0.15, -0.1) is 0 Å². The fraction of sp³-hybridized carbons (Fsp3) is 0.211. The van der Waals surface area contributed by atoms with Crippen LogP contribution in [0.15, 0.2) is 59.7 Å². The van der Waals surface area contributed by atoms with Gasteiger partial charge in [-0.25, -0.2) is 0 Å². The van der Waals surface area contributed by atoms with Gasteiger partial charge in [0, 0.05) is 28.3 Å². The molecule has 4 nitrogen and oxygen atoms in total. The zero-order valence-electron chi connectivity index (χ0n) is 13.9. The molecule has 0 amide bonds. The first-order chi connectivity index (χ1) is 11.0. The highest BCUT2D eigenvalue weighted by molar-refractivity contribution is 6.05. The molecule has 2 aromatic rings. The molecule has 0 N–H and O–H groups in total. The molecule has 1 aliphatic heterocycles. The largest absolute Gasteiger partial charge is 1.00 e. The first kappa shape index (κ1) is 18.2. The van der Waals surface area contributed by atoms with E-state index in [2.05, 4.69) is 71.9 Å². The minimum atomic E-state index is -0.0209. The summed E-state index contributed by atoms with van der Waals surface area (Å²) in [6.45, 7) is 4.50. The lowest BCUT2D eigenvalue weighted by Crippen LogP contribution is -3.00. The number of azide groups is 1. The molecule has 0 aromatic heterocycles. The fourth-order valence-corrected chi connectivity index (χ4v) is 3.18. The van der Waals surface area contributed by atoms with Crippen molar-refractivity contribution in [1.82, 2.24) is 0 Å². The van der Waals surface area contributed by atoms with Crippen LogP contribution in [0.1, 0.15) is 25.0 Å². The molecule has 0 fully saturated rings. The van der Waals surface area contributed by atoms with Gasteiger partial charge in [0.1, 0.15) is 7.05 Å². The first-order valence-electron chi connectivity index (χ1n) is 7.58. The molecular formula is C19H19IN4. The van der Waals surface area contributed by atoms with E-state index >= 15 is 0 Å². The van der Waals surface area contributed by atoms with Crippen LogP contribution >= 0.6 is 0 Å². The lowest BCUT2D eigenvalue weighted by atomic mass is 9.81. The third kappa shape index (κ3) is 3.23. The summed E-state index contributed by atoms with van der Waals surface area (Å²) in [6.07, 6.45) is 4.27. The second-order valence-electron chi connectivity index (χ2n) is 6.20. The van der Waals surface area contributed by atoms with Gasteiger partial charge in [-0.1, -0.05) is 47.6 Å². The van der Waals surface area contributed by atoms with E-state index in [1.165, 1.54) is 17.0 Å². The first-order valence-corrected chi connectivity index (χ1v) is 7.58. The van der Waals surface area contributed by atoms with Gasteiger partial charge in [0.05, 0.1) is 5.41 Å². The Hall–Kier alpha value is -2.11. The molecule has 0 radical (unpaired) electrons. The van der Waals surface area contributed by atoms with E-state index in [1.807, 2.05) is 24.3 Å². The maximum absolute atomic E-state index is 8.44. The van der Waals surface area contributed by atoms with Gasteiger partial charge in [-0.2, -0.15) is 4.58 Å². The molecule has 3 rings (SSSR count). The topological polar surface area (TPSA) is 51.8 Å². The van der Waals surface area contributed by atoms with E-state index in [1.54, 1.807) is 0 Å². The van der Waals surface area contributed by atoms with Gasteiger partial charge in [0.25, 0.3) is 0 Å². The quantitative estimate of drug-likeness (QED) is 0.236. The number of allylic oxidation sites excluding steroid dienone is 1. The molecule has 0 bridgehead atoms. The maximum Gasteiger partial charge on any atom is 0.209 e. The van der Waals surface area contributed by atoms with E-state index < -0.39 is 0 Å². The number of hydrogen-bond acceptors (Lipinski definition) is 1. The van der Waals surface area contributed by atoms with Crippen LogP contribution in [0.2, 0.25) is 0 Å². The minimum Gasteiger partial charge on any atom is -1.00 e. The standard InChI is InChI=1S/C19H19N4.HI/c1-19(2)16-6-4-5-7-17(16)23(3)18(19)13-10-14-8-11-15(12-9-14)21-22-20;/h4-13H,1-3H3;1H/q+1;/p-1. The van der Waals surface area contributed by atoms with Crippen molar-refractivity contribution >= 4 is 23.2 Å². The van der Waals surface area contributed by atoms with Gasteiger partial charge in [0.15, 0.2) is 5.71 Å². The van der Waals surface area contributed by atoms with E-state index in [9.17, 15) is 0 Å². The molecule has 1 heterocycles. The van der Waals surface area contributed by atoms with Gasteiger partial charge < -0.3 is 24.0 Å². The summed E-state index contributed by atoms with van der Waals surface area (Å²) in [4.78, 5) is 2.79. The Morgan fingerprint density at radius 3 is 2.33 bits per heavy atom. The summed E-state index contributed by atoms with van der Waals surface area (Å²) in [5, 5.41) is 3.59. The number of benzene rings is 2. The summed E-state index contributed by atoms with van der Waals surface area (Å²) in [5.41, 5.74) is 14.0. The molecule has 0 saturated carbocycles. The van der Waals surface area contributed by atoms with Crippen molar-refractivity contribution in [3.05, 3.63) is 76.2 Å². The van der Waals surface area contributed by atoms with Gasteiger partial charge in [-0.05, 0) is 31.0 Å². The summed E-state index contributed by atoms with van der Waals surface area (Å²) in [6, 6.07) is 16.1. The Balaban J connectivity index is 0.00000208. The SMILES string of the molecule is C[N+]1=C(C=Cc2ccc(N=[N+]=[N-])cc2)C(C)(C)c2ccccc21.[I-]. The predicted molar refractivity (Wildman–Crippen MR) is 94.6 cm³/mol. The summed E-state index contributed by atoms with van der Waals surface area (Å²) < 4.78 is 2.25. The number of rotatable bonds is 3. The van der Waals surface area contributed by atoms with Crippen LogP contribution in [0.3, 0.4) is 0 Å². The van der Waals surface area contributed by atoms with E-state index in [0.29, 0.717) is 5.69 Å². The maximum atomic E-state index is 8.44. The third-order valence-electron chi connectivity index (χ3n) is 4.43. The van der Waals surface area contributed by atoms with Crippen LogP contribution in [0, 0.1) is 0 Å². The Morgan fingerprint density at radius 1 is 1.04 bits per heavy atom. The second kappa shape index (κ2) is 7.20. The van der Waals surface area contributed by atoms with Gasteiger partial charge >= 0.3 is 0 Å². The van der Waals surface area contributed by atoms with Crippen molar-refractivity contribution in [1.29, 1.82) is 0 Å².